The van der Waals surface area contributed by atoms with E-state index in [0.29, 0.717) is 11.5 Å². The standard InChI is InChI=1S/C19H24O3/c1-19(2,3)16-8-6-13(7-9-16)14-10-15(12-20)18(22-5)17(11-14)21-4/h6-11,20H,12H2,1-5H3. The van der Waals surface area contributed by atoms with Crippen molar-refractivity contribution in [3.05, 3.63) is 47.5 Å². The molecule has 0 aliphatic heterocycles. The lowest BCUT2D eigenvalue weighted by atomic mass is 9.86. The maximum Gasteiger partial charge on any atom is 0.166 e. The number of benzene rings is 2. The van der Waals surface area contributed by atoms with Crippen molar-refractivity contribution in [2.45, 2.75) is 32.8 Å². The van der Waals surface area contributed by atoms with E-state index < -0.39 is 0 Å². The van der Waals surface area contributed by atoms with Gasteiger partial charge in [0.05, 0.1) is 20.8 Å². The van der Waals surface area contributed by atoms with Crippen molar-refractivity contribution in [1.82, 2.24) is 0 Å². The Morgan fingerprint density at radius 2 is 1.55 bits per heavy atom. The highest BCUT2D eigenvalue weighted by atomic mass is 16.5. The van der Waals surface area contributed by atoms with Crippen LogP contribution in [0.2, 0.25) is 0 Å². The van der Waals surface area contributed by atoms with Crippen LogP contribution in [-0.4, -0.2) is 19.3 Å². The average Bonchev–Trinajstić information content (AvgIpc) is 2.52. The van der Waals surface area contributed by atoms with E-state index in [4.69, 9.17) is 9.47 Å². The van der Waals surface area contributed by atoms with E-state index in [9.17, 15) is 5.11 Å². The van der Waals surface area contributed by atoms with Gasteiger partial charge in [-0.15, -0.1) is 0 Å². The molecule has 118 valence electrons. The first-order valence-corrected chi connectivity index (χ1v) is 7.37. The zero-order valence-corrected chi connectivity index (χ0v) is 13.9. The van der Waals surface area contributed by atoms with E-state index in [-0.39, 0.29) is 12.0 Å². The Morgan fingerprint density at radius 3 is 2.00 bits per heavy atom. The Kier molecular flexibility index (Phi) is 4.77. The van der Waals surface area contributed by atoms with Crippen LogP contribution in [0.25, 0.3) is 11.1 Å². The lowest BCUT2D eigenvalue weighted by Crippen LogP contribution is -2.10. The monoisotopic (exact) mass is 300 g/mol. The third kappa shape index (κ3) is 3.25. The fraction of sp³-hybridized carbons (Fsp3) is 0.368. The van der Waals surface area contributed by atoms with Crippen molar-refractivity contribution in [3.63, 3.8) is 0 Å². The lowest BCUT2D eigenvalue weighted by Gasteiger charge is -2.19. The Balaban J connectivity index is 2.48. The summed E-state index contributed by atoms with van der Waals surface area (Å²) >= 11 is 0. The second-order valence-corrected chi connectivity index (χ2v) is 6.36. The highest BCUT2D eigenvalue weighted by molar-refractivity contribution is 5.69. The molecule has 2 aromatic rings. The summed E-state index contributed by atoms with van der Waals surface area (Å²) in [4.78, 5) is 0. The van der Waals surface area contributed by atoms with E-state index >= 15 is 0 Å². The molecule has 0 saturated heterocycles. The molecule has 0 aromatic heterocycles. The van der Waals surface area contributed by atoms with Crippen molar-refractivity contribution in [2.75, 3.05) is 14.2 Å². The smallest absolute Gasteiger partial charge is 0.166 e. The number of hydrogen-bond acceptors (Lipinski definition) is 3. The topological polar surface area (TPSA) is 38.7 Å². The summed E-state index contributed by atoms with van der Waals surface area (Å²) < 4.78 is 10.7. The number of methoxy groups -OCH3 is 2. The van der Waals surface area contributed by atoms with Crippen LogP contribution in [0.1, 0.15) is 31.9 Å². The highest BCUT2D eigenvalue weighted by Crippen LogP contribution is 2.37. The molecule has 3 nitrogen and oxygen atoms in total. The fourth-order valence-corrected chi connectivity index (χ4v) is 2.49. The lowest BCUT2D eigenvalue weighted by molar-refractivity contribution is 0.270. The van der Waals surface area contributed by atoms with Gasteiger partial charge in [-0.3, -0.25) is 0 Å². The summed E-state index contributed by atoms with van der Waals surface area (Å²) in [5.74, 6) is 1.21. The minimum Gasteiger partial charge on any atom is -0.493 e. The first kappa shape index (κ1) is 16.4. The largest absolute Gasteiger partial charge is 0.493 e. The van der Waals surface area contributed by atoms with Gasteiger partial charge >= 0.3 is 0 Å². The zero-order chi connectivity index (χ0) is 16.3. The van der Waals surface area contributed by atoms with Gasteiger partial charge in [0.25, 0.3) is 0 Å². The molecular formula is C19H24O3. The van der Waals surface area contributed by atoms with Crippen LogP contribution in [0, 0.1) is 0 Å². The van der Waals surface area contributed by atoms with Crippen LogP contribution in [0.15, 0.2) is 36.4 Å². The van der Waals surface area contributed by atoms with E-state index in [1.54, 1.807) is 14.2 Å². The molecule has 0 bridgehead atoms. The molecule has 0 heterocycles. The van der Waals surface area contributed by atoms with Crippen LogP contribution in [0.3, 0.4) is 0 Å². The second-order valence-electron chi connectivity index (χ2n) is 6.36. The van der Waals surface area contributed by atoms with Gasteiger partial charge in [0.15, 0.2) is 11.5 Å². The Morgan fingerprint density at radius 1 is 0.909 bits per heavy atom. The molecule has 0 unspecified atom stereocenters. The number of ether oxygens (including phenoxy) is 2. The number of aliphatic hydroxyl groups excluding tert-OH is 1. The van der Waals surface area contributed by atoms with Crippen molar-refractivity contribution in [1.29, 1.82) is 0 Å². The van der Waals surface area contributed by atoms with Crippen LogP contribution >= 0.6 is 0 Å². The predicted octanol–water partition coefficient (Wildman–Crippen LogP) is 4.16. The quantitative estimate of drug-likeness (QED) is 0.921. The van der Waals surface area contributed by atoms with Gasteiger partial charge in [-0.1, -0.05) is 45.0 Å². The number of hydrogen-bond donors (Lipinski definition) is 1. The maximum absolute atomic E-state index is 9.56. The van der Waals surface area contributed by atoms with Gasteiger partial charge in [0, 0.05) is 5.56 Å². The maximum atomic E-state index is 9.56. The van der Waals surface area contributed by atoms with E-state index in [1.165, 1.54) is 5.56 Å². The summed E-state index contributed by atoms with van der Waals surface area (Å²) in [6, 6.07) is 12.4. The molecule has 3 heteroatoms. The third-order valence-electron chi connectivity index (χ3n) is 3.81. The van der Waals surface area contributed by atoms with Gasteiger partial charge in [0.2, 0.25) is 0 Å². The van der Waals surface area contributed by atoms with Gasteiger partial charge in [-0.25, -0.2) is 0 Å². The average molecular weight is 300 g/mol. The molecule has 0 spiro atoms. The molecule has 22 heavy (non-hydrogen) atoms. The molecular weight excluding hydrogens is 276 g/mol. The first-order valence-electron chi connectivity index (χ1n) is 7.37. The zero-order valence-electron chi connectivity index (χ0n) is 13.9. The van der Waals surface area contributed by atoms with Gasteiger partial charge in [-0.2, -0.15) is 0 Å². The Labute approximate surface area is 132 Å². The second kappa shape index (κ2) is 6.41. The van der Waals surface area contributed by atoms with Crippen molar-refractivity contribution in [2.24, 2.45) is 0 Å². The molecule has 0 saturated carbocycles. The molecule has 0 amide bonds. The highest BCUT2D eigenvalue weighted by Gasteiger charge is 2.15. The van der Waals surface area contributed by atoms with Crippen molar-refractivity contribution >= 4 is 0 Å². The Hall–Kier alpha value is -2.00. The van der Waals surface area contributed by atoms with Crippen molar-refractivity contribution in [3.8, 4) is 22.6 Å². The predicted molar refractivity (Wildman–Crippen MR) is 89.6 cm³/mol. The normalized spacial score (nSPS) is 11.4. The molecule has 2 aromatic carbocycles. The summed E-state index contributed by atoms with van der Waals surface area (Å²) in [5.41, 5.74) is 4.23. The number of rotatable bonds is 4. The van der Waals surface area contributed by atoms with Crippen LogP contribution in [0.5, 0.6) is 11.5 Å². The molecule has 0 aliphatic rings. The summed E-state index contributed by atoms with van der Waals surface area (Å²) in [7, 11) is 3.18. The molecule has 0 atom stereocenters. The van der Waals surface area contributed by atoms with E-state index in [1.807, 2.05) is 12.1 Å². The van der Waals surface area contributed by atoms with E-state index in [2.05, 4.69) is 45.0 Å². The minimum atomic E-state index is -0.0898. The van der Waals surface area contributed by atoms with Crippen molar-refractivity contribution < 1.29 is 14.6 Å². The van der Waals surface area contributed by atoms with Gasteiger partial charge < -0.3 is 14.6 Å². The molecule has 1 N–H and O–H groups in total. The Bertz CT molecular complexity index is 612. The third-order valence-corrected chi connectivity index (χ3v) is 3.81. The summed E-state index contributed by atoms with van der Waals surface area (Å²) in [5, 5.41) is 9.56. The summed E-state index contributed by atoms with van der Waals surface area (Å²) in [6.07, 6.45) is 0. The van der Waals surface area contributed by atoms with E-state index in [0.717, 1.165) is 16.7 Å². The van der Waals surface area contributed by atoms with Crippen LogP contribution < -0.4 is 9.47 Å². The summed E-state index contributed by atoms with van der Waals surface area (Å²) in [6.45, 7) is 6.50. The van der Waals surface area contributed by atoms with Gasteiger partial charge in [0.1, 0.15) is 0 Å². The fourth-order valence-electron chi connectivity index (χ4n) is 2.49. The molecule has 0 fully saturated rings. The van der Waals surface area contributed by atoms with Crippen LogP contribution in [-0.2, 0) is 12.0 Å². The first-order chi connectivity index (χ1) is 10.4. The molecule has 0 radical (unpaired) electrons. The number of aliphatic hydroxyl groups is 1. The van der Waals surface area contributed by atoms with Crippen LogP contribution in [0.4, 0.5) is 0 Å². The minimum absolute atomic E-state index is 0.0898. The molecule has 0 aliphatic carbocycles. The van der Waals surface area contributed by atoms with Gasteiger partial charge in [-0.05, 0) is 34.2 Å². The SMILES string of the molecule is COc1cc(-c2ccc(C(C)(C)C)cc2)cc(CO)c1OC. The molecule has 2 rings (SSSR count).